The third kappa shape index (κ3) is 6.57. The predicted octanol–water partition coefficient (Wildman–Crippen LogP) is 4.66. The summed E-state index contributed by atoms with van der Waals surface area (Å²) in [5, 5.41) is 20.8. The lowest BCUT2D eigenvalue weighted by atomic mass is 10.0. The Kier molecular flexibility index (Phi) is 6.94. The van der Waals surface area contributed by atoms with E-state index in [1.54, 1.807) is 12.1 Å². The van der Waals surface area contributed by atoms with Crippen molar-refractivity contribution < 1.29 is 36.2 Å². The van der Waals surface area contributed by atoms with Crippen molar-refractivity contribution in [3.05, 3.63) is 59.2 Å². The zero-order chi connectivity index (χ0) is 24.2. The Morgan fingerprint density at radius 2 is 1.66 bits per heavy atom. The number of alkyl halides is 5. The molecule has 2 rings (SSSR count). The van der Waals surface area contributed by atoms with Gasteiger partial charge in [0, 0.05) is 12.5 Å². The van der Waals surface area contributed by atoms with Gasteiger partial charge in [-0.2, -0.15) is 10.5 Å². The summed E-state index contributed by atoms with van der Waals surface area (Å²) >= 11 is 0. The molecule has 2 aromatic rings. The van der Waals surface area contributed by atoms with E-state index < -0.39 is 41.7 Å². The van der Waals surface area contributed by atoms with Crippen molar-refractivity contribution >= 4 is 5.91 Å². The summed E-state index contributed by atoms with van der Waals surface area (Å²) in [6.07, 6.45) is -4.89. The summed E-state index contributed by atoms with van der Waals surface area (Å²) in [5.74, 6) is -4.98. The molecule has 1 unspecified atom stereocenters. The van der Waals surface area contributed by atoms with Crippen molar-refractivity contribution in [2.24, 2.45) is 0 Å². The highest BCUT2D eigenvalue weighted by molar-refractivity contribution is 5.95. The topological polar surface area (TPSA) is 95.1 Å². The number of nitriles is 2. The van der Waals surface area contributed by atoms with Crippen LogP contribution in [0.15, 0.2) is 42.5 Å². The lowest BCUT2D eigenvalue weighted by molar-refractivity contribution is -0.274. The Morgan fingerprint density at radius 3 is 2.16 bits per heavy atom. The second-order valence-corrected chi connectivity index (χ2v) is 6.97. The van der Waals surface area contributed by atoms with Crippen LogP contribution in [0.1, 0.15) is 35.3 Å². The van der Waals surface area contributed by atoms with Crippen LogP contribution in [0.2, 0.25) is 0 Å². The first-order valence-electron chi connectivity index (χ1n) is 8.91. The number of hydrogen-bond acceptors (Lipinski definition) is 5. The third-order valence-electron chi connectivity index (χ3n) is 4.09. The molecular formula is C21H16F5N3O3. The highest BCUT2D eigenvalue weighted by atomic mass is 19.4. The molecule has 168 valence electrons. The molecular weight excluding hydrogens is 437 g/mol. The van der Waals surface area contributed by atoms with Gasteiger partial charge in [-0.05, 0) is 49.4 Å². The number of carbonyl (C=O) groups excluding carboxylic acids is 1. The number of nitrogens with one attached hydrogen (secondary N) is 1. The Morgan fingerprint density at radius 1 is 1.03 bits per heavy atom. The van der Waals surface area contributed by atoms with Gasteiger partial charge in [0.2, 0.25) is 0 Å². The molecule has 0 spiro atoms. The quantitative estimate of drug-likeness (QED) is 0.616. The maximum absolute atomic E-state index is 13.8. The molecule has 0 aliphatic rings. The standard InChI is InChI=1S/C21H16F5N3O3/c1-19(11-28,12-31-17-9-13(10-27)3-8-16(17)20(2,22)23)29-18(30)14-4-6-15(7-5-14)32-21(24,25)26/h3-9H,12H2,1-2H3,(H,29,30). The average Bonchev–Trinajstić information content (AvgIpc) is 2.70. The zero-order valence-electron chi connectivity index (χ0n) is 16.8. The van der Waals surface area contributed by atoms with Gasteiger partial charge in [0.25, 0.3) is 11.8 Å². The fourth-order valence-corrected chi connectivity index (χ4v) is 2.52. The smallest absolute Gasteiger partial charge is 0.489 e. The lowest BCUT2D eigenvalue weighted by Crippen LogP contribution is -2.49. The Labute approximate surface area is 179 Å². The summed E-state index contributed by atoms with van der Waals surface area (Å²) in [6, 6.07) is 10.9. The Hall–Kier alpha value is -3.86. The van der Waals surface area contributed by atoms with Crippen LogP contribution in [-0.2, 0) is 5.92 Å². The van der Waals surface area contributed by atoms with Gasteiger partial charge in [0.15, 0.2) is 5.54 Å². The number of rotatable bonds is 7. The minimum absolute atomic E-state index is 0.0526. The predicted molar refractivity (Wildman–Crippen MR) is 101 cm³/mol. The Bertz CT molecular complexity index is 1070. The summed E-state index contributed by atoms with van der Waals surface area (Å²) in [6.45, 7) is 1.35. The molecule has 0 saturated carbocycles. The van der Waals surface area contributed by atoms with Crippen LogP contribution in [-0.4, -0.2) is 24.4 Å². The van der Waals surface area contributed by atoms with Crippen LogP contribution in [0.4, 0.5) is 22.0 Å². The number of carbonyl (C=O) groups is 1. The first-order chi connectivity index (χ1) is 14.8. The number of nitrogens with zero attached hydrogens (tertiary/aromatic N) is 2. The van der Waals surface area contributed by atoms with E-state index in [2.05, 4.69) is 10.1 Å². The van der Waals surface area contributed by atoms with Gasteiger partial charge in [-0.1, -0.05) is 0 Å². The van der Waals surface area contributed by atoms with E-state index in [9.17, 15) is 32.0 Å². The van der Waals surface area contributed by atoms with Crippen LogP contribution < -0.4 is 14.8 Å². The molecule has 11 heteroatoms. The van der Waals surface area contributed by atoms with Gasteiger partial charge < -0.3 is 14.8 Å². The Balaban J connectivity index is 2.16. The second-order valence-electron chi connectivity index (χ2n) is 6.97. The second kappa shape index (κ2) is 9.10. The largest absolute Gasteiger partial charge is 0.573 e. The fraction of sp³-hybridized carbons (Fsp3) is 0.286. The lowest BCUT2D eigenvalue weighted by Gasteiger charge is -2.25. The fourth-order valence-electron chi connectivity index (χ4n) is 2.52. The molecule has 0 heterocycles. The van der Waals surface area contributed by atoms with E-state index in [0.29, 0.717) is 6.92 Å². The first kappa shape index (κ1) is 24.4. The van der Waals surface area contributed by atoms with Crippen LogP contribution in [0.3, 0.4) is 0 Å². The van der Waals surface area contributed by atoms with Crippen LogP contribution in [0.5, 0.6) is 11.5 Å². The molecule has 1 atom stereocenters. The minimum atomic E-state index is -4.89. The summed E-state index contributed by atoms with van der Waals surface area (Å²) < 4.78 is 73.4. The molecule has 0 aromatic heterocycles. The van der Waals surface area contributed by atoms with E-state index in [1.165, 1.54) is 13.0 Å². The number of amides is 1. The minimum Gasteiger partial charge on any atom is -0.489 e. The molecule has 0 saturated heterocycles. The maximum Gasteiger partial charge on any atom is 0.573 e. The van der Waals surface area contributed by atoms with Crippen molar-refractivity contribution in [2.75, 3.05) is 6.61 Å². The van der Waals surface area contributed by atoms with Gasteiger partial charge in [-0.15, -0.1) is 13.2 Å². The van der Waals surface area contributed by atoms with E-state index in [-0.39, 0.29) is 16.9 Å². The maximum atomic E-state index is 13.8. The molecule has 0 bridgehead atoms. The van der Waals surface area contributed by atoms with E-state index in [4.69, 9.17) is 10.00 Å². The van der Waals surface area contributed by atoms with E-state index in [0.717, 1.165) is 36.4 Å². The van der Waals surface area contributed by atoms with E-state index >= 15 is 0 Å². The van der Waals surface area contributed by atoms with Gasteiger partial charge in [0.05, 0.1) is 23.3 Å². The number of halogens is 5. The van der Waals surface area contributed by atoms with Crippen molar-refractivity contribution in [2.45, 2.75) is 31.7 Å². The van der Waals surface area contributed by atoms with Crippen molar-refractivity contribution in [1.29, 1.82) is 10.5 Å². The number of benzene rings is 2. The number of ether oxygens (including phenoxy) is 2. The zero-order valence-corrected chi connectivity index (χ0v) is 16.8. The third-order valence-corrected chi connectivity index (χ3v) is 4.09. The van der Waals surface area contributed by atoms with Gasteiger partial charge >= 0.3 is 6.36 Å². The molecule has 1 N–H and O–H groups in total. The average molecular weight is 453 g/mol. The van der Waals surface area contributed by atoms with Gasteiger partial charge in [0.1, 0.15) is 18.1 Å². The van der Waals surface area contributed by atoms with Crippen molar-refractivity contribution in [3.8, 4) is 23.6 Å². The normalized spacial score (nSPS) is 13.3. The van der Waals surface area contributed by atoms with Gasteiger partial charge in [-0.3, -0.25) is 4.79 Å². The first-order valence-corrected chi connectivity index (χ1v) is 8.91. The van der Waals surface area contributed by atoms with Crippen LogP contribution >= 0.6 is 0 Å². The summed E-state index contributed by atoms with van der Waals surface area (Å²) in [4.78, 5) is 12.4. The van der Waals surface area contributed by atoms with Crippen molar-refractivity contribution in [1.82, 2.24) is 5.32 Å². The van der Waals surface area contributed by atoms with Crippen LogP contribution in [0, 0.1) is 22.7 Å². The van der Waals surface area contributed by atoms with E-state index in [1.807, 2.05) is 0 Å². The molecule has 0 aliphatic heterocycles. The molecule has 32 heavy (non-hydrogen) atoms. The number of hydrogen-bond donors (Lipinski definition) is 1. The van der Waals surface area contributed by atoms with Crippen molar-refractivity contribution in [3.63, 3.8) is 0 Å². The molecule has 0 radical (unpaired) electrons. The SMILES string of the molecule is CC(C#N)(COc1cc(C#N)ccc1C(C)(F)F)NC(=O)c1ccc(OC(F)(F)F)cc1. The highest BCUT2D eigenvalue weighted by Gasteiger charge is 2.33. The van der Waals surface area contributed by atoms with Gasteiger partial charge in [-0.25, -0.2) is 8.78 Å². The molecule has 6 nitrogen and oxygen atoms in total. The van der Waals surface area contributed by atoms with Crippen LogP contribution in [0.25, 0.3) is 0 Å². The highest BCUT2D eigenvalue weighted by Crippen LogP contribution is 2.35. The summed E-state index contributed by atoms with van der Waals surface area (Å²) in [7, 11) is 0. The monoisotopic (exact) mass is 453 g/mol. The molecule has 0 fully saturated rings. The molecule has 0 aliphatic carbocycles. The summed E-state index contributed by atoms with van der Waals surface area (Å²) in [5.41, 5.74) is -2.23. The molecule has 2 aromatic carbocycles. The molecule has 1 amide bonds.